The predicted molar refractivity (Wildman–Crippen MR) is 67.2 cm³/mol. The van der Waals surface area contributed by atoms with Gasteiger partial charge in [0.25, 0.3) is 0 Å². The van der Waals surface area contributed by atoms with Gasteiger partial charge < -0.3 is 0 Å². The van der Waals surface area contributed by atoms with Crippen LogP contribution in [0, 0.1) is 11.8 Å². The number of alkyl halides is 1. The van der Waals surface area contributed by atoms with Crippen LogP contribution in [0.5, 0.6) is 0 Å². The molecule has 2 rings (SSSR count). The lowest BCUT2D eigenvalue weighted by Crippen LogP contribution is -2.17. The van der Waals surface area contributed by atoms with E-state index in [9.17, 15) is 4.39 Å². The summed E-state index contributed by atoms with van der Waals surface area (Å²) in [4.78, 5) is 0. The van der Waals surface area contributed by atoms with Gasteiger partial charge in [0.1, 0.15) is 6.17 Å². The first kappa shape index (κ1) is 12.1. The van der Waals surface area contributed by atoms with E-state index in [4.69, 9.17) is 0 Å². The summed E-state index contributed by atoms with van der Waals surface area (Å²) in [5.41, 5.74) is 0. The fourth-order valence-electron chi connectivity index (χ4n) is 3.20. The summed E-state index contributed by atoms with van der Waals surface area (Å²) in [5, 5.41) is 0. The van der Waals surface area contributed by atoms with Crippen molar-refractivity contribution in [2.45, 2.75) is 70.4 Å². The summed E-state index contributed by atoms with van der Waals surface area (Å²) in [5.74, 6) is 1.00. The largest absolute Gasteiger partial charge is 0.243 e. The molecule has 0 aromatic heterocycles. The van der Waals surface area contributed by atoms with Crippen LogP contribution >= 0.6 is 0 Å². The van der Waals surface area contributed by atoms with Crippen LogP contribution in [0.15, 0.2) is 12.2 Å². The van der Waals surface area contributed by atoms with Crippen molar-refractivity contribution < 1.29 is 4.39 Å². The molecule has 92 valence electrons. The van der Waals surface area contributed by atoms with Crippen LogP contribution in [0.1, 0.15) is 64.2 Å². The summed E-state index contributed by atoms with van der Waals surface area (Å²) >= 11 is 0. The number of hydrogen-bond acceptors (Lipinski definition) is 0. The van der Waals surface area contributed by atoms with E-state index in [1.807, 2.05) is 6.08 Å². The van der Waals surface area contributed by atoms with Crippen LogP contribution in [0.2, 0.25) is 0 Å². The fourth-order valence-corrected chi connectivity index (χ4v) is 3.20. The zero-order valence-corrected chi connectivity index (χ0v) is 10.3. The highest BCUT2D eigenvalue weighted by atomic mass is 19.1. The maximum absolute atomic E-state index is 14.0. The zero-order chi connectivity index (χ0) is 11.2. The molecule has 1 atom stereocenters. The van der Waals surface area contributed by atoms with E-state index in [1.165, 1.54) is 51.4 Å². The molecule has 0 nitrogen and oxygen atoms in total. The standard InChI is InChI=1S/C15H25F/c16-15(14-9-5-2-6-10-14)12-11-13-7-3-1-4-8-13/h11-15H,1-10H2. The zero-order valence-electron chi connectivity index (χ0n) is 10.3. The monoisotopic (exact) mass is 224 g/mol. The Bertz CT molecular complexity index is 209. The molecule has 2 fully saturated rings. The number of rotatable bonds is 3. The molecular formula is C15H25F. The summed E-state index contributed by atoms with van der Waals surface area (Å²) in [6.45, 7) is 0. The summed E-state index contributed by atoms with van der Waals surface area (Å²) in [7, 11) is 0. The van der Waals surface area contributed by atoms with E-state index in [2.05, 4.69) is 6.08 Å². The van der Waals surface area contributed by atoms with Crippen LogP contribution in [-0.4, -0.2) is 6.17 Å². The summed E-state index contributed by atoms with van der Waals surface area (Å²) in [6.07, 6.45) is 16.0. The van der Waals surface area contributed by atoms with Crippen molar-refractivity contribution >= 4 is 0 Å². The minimum absolute atomic E-state index is 0.327. The number of hydrogen-bond donors (Lipinski definition) is 0. The van der Waals surface area contributed by atoms with E-state index >= 15 is 0 Å². The first-order chi connectivity index (χ1) is 7.86. The Labute approximate surface area is 99.3 Å². The SMILES string of the molecule is FC(C=CC1CCCCC1)C1CCCCC1. The quantitative estimate of drug-likeness (QED) is 0.589. The highest BCUT2D eigenvalue weighted by Crippen LogP contribution is 2.30. The van der Waals surface area contributed by atoms with Crippen molar-refractivity contribution in [3.8, 4) is 0 Å². The van der Waals surface area contributed by atoms with Crippen molar-refractivity contribution in [3.05, 3.63) is 12.2 Å². The Morgan fingerprint density at radius 2 is 1.38 bits per heavy atom. The molecule has 0 aliphatic heterocycles. The third-order valence-electron chi connectivity index (χ3n) is 4.32. The molecule has 0 amide bonds. The highest BCUT2D eigenvalue weighted by Gasteiger charge is 2.21. The molecule has 16 heavy (non-hydrogen) atoms. The lowest BCUT2D eigenvalue weighted by Gasteiger charge is -2.24. The molecule has 0 heterocycles. The topological polar surface area (TPSA) is 0 Å². The predicted octanol–water partition coefficient (Wildman–Crippen LogP) is 5.04. The second kappa shape index (κ2) is 6.42. The molecule has 2 aliphatic rings. The van der Waals surface area contributed by atoms with Gasteiger partial charge in [-0.25, -0.2) is 4.39 Å². The van der Waals surface area contributed by atoms with E-state index < -0.39 is 6.17 Å². The Morgan fingerprint density at radius 1 is 0.812 bits per heavy atom. The van der Waals surface area contributed by atoms with E-state index in [1.54, 1.807) is 0 Å². The highest BCUT2D eigenvalue weighted by molar-refractivity contribution is 4.97. The first-order valence-corrected chi connectivity index (χ1v) is 7.18. The third kappa shape index (κ3) is 3.61. The Morgan fingerprint density at radius 3 is 2.00 bits per heavy atom. The van der Waals surface area contributed by atoms with Crippen LogP contribution in [0.3, 0.4) is 0 Å². The molecule has 2 aliphatic carbocycles. The molecule has 0 aromatic rings. The van der Waals surface area contributed by atoms with E-state index in [0.717, 1.165) is 12.8 Å². The van der Waals surface area contributed by atoms with Crippen LogP contribution in [0.4, 0.5) is 4.39 Å². The smallest absolute Gasteiger partial charge is 0.121 e. The molecule has 0 saturated heterocycles. The van der Waals surface area contributed by atoms with Gasteiger partial charge in [-0.1, -0.05) is 50.7 Å². The molecule has 2 saturated carbocycles. The Hall–Kier alpha value is -0.330. The van der Waals surface area contributed by atoms with Crippen molar-refractivity contribution in [2.24, 2.45) is 11.8 Å². The lowest BCUT2D eigenvalue weighted by molar-refractivity contribution is 0.220. The summed E-state index contributed by atoms with van der Waals surface area (Å²) in [6, 6.07) is 0. The maximum Gasteiger partial charge on any atom is 0.121 e. The van der Waals surface area contributed by atoms with Gasteiger partial charge in [0, 0.05) is 0 Å². The van der Waals surface area contributed by atoms with Gasteiger partial charge in [0.05, 0.1) is 0 Å². The summed E-state index contributed by atoms with van der Waals surface area (Å²) < 4.78 is 14.0. The van der Waals surface area contributed by atoms with E-state index in [0.29, 0.717) is 11.8 Å². The van der Waals surface area contributed by atoms with Gasteiger partial charge in [-0.15, -0.1) is 0 Å². The molecule has 0 spiro atoms. The van der Waals surface area contributed by atoms with E-state index in [-0.39, 0.29) is 0 Å². The normalized spacial score (nSPS) is 27.3. The average Bonchev–Trinajstić information content (AvgIpc) is 2.38. The van der Waals surface area contributed by atoms with Gasteiger partial charge in [-0.2, -0.15) is 0 Å². The van der Waals surface area contributed by atoms with Gasteiger partial charge in [-0.05, 0) is 37.5 Å². The molecule has 0 aromatic carbocycles. The van der Waals surface area contributed by atoms with Crippen molar-refractivity contribution in [3.63, 3.8) is 0 Å². The molecule has 0 radical (unpaired) electrons. The minimum Gasteiger partial charge on any atom is -0.243 e. The van der Waals surface area contributed by atoms with Crippen molar-refractivity contribution in [1.82, 2.24) is 0 Å². The van der Waals surface area contributed by atoms with Crippen molar-refractivity contribution in [1.29, 1.82) is 0 Å². The Kier molecular flexibility index (Phi) is 4.87. The lowest BCUT2D eigenvalue weighted by atomic mass is 9.84. The van der Waals surface area contributed by atoms with Crippen molar-refractivity contribution in [2.75, 3.05) is 0 Å². The van der Waals surface area contributed by atoms with Gasteiger partial charge in [-0.3, -0.25) is 0 Å². The molecule has 1 unspecified atom stereocenters. The maximum atomic E-state index is 14.0. The Balaban J connectivity index is 1.75. The molecule has 1 heteroatoms. The molecule has 0 N–H and O–H groups in total. The second-order valence-electron chi connectivity index (χ2n) is 5.63. The van der Waals surface area contributed by atoms with Gasteiger partial charge >= 0.3 is 0 Å². The van der Waals surface area contributed by atoms with Gasteiger partial charge in [0.2, 0.25) is 0 Å². The van der Waals surface area contributed by atoms with Crippen LogP contribution in [0.25, 0.3) is 0 Å². The number of allylic oxidation sites excluding steroid dienone is 2. The first-order valence-electron chi connectivity index (χ1n) is 7.18. The second-order valence-corrected chi connectivity index (χ2v) is 5.63. The van der Waals surface area contributed by atoms with Gasteiger partial charge in [0.15, 0.2) is 0 Å². The van der Waals surface area contributed by atoms with Crippen LogP contribution in [-0.2, 0) is 0 Å². The third-order valence-corrected chi connectivity index (χ3v) is 4.32. The fraction of sp³-hybridized carbons (Fsp3) is 0.867. The average molecular weight is 224 g/mol. The minimum atomic E-state index is -0.665. The molecule has 0 bridgehead atoms. The molecular weight excluding hydrogens is 199 g/mol. The number of halogens is 1. The van der Waals surface area contributed by atoms with Crippen LogP contribution < -0.4 is 0 Å².